The maximum Gasteiger partial charge on any atom is 0.321 e. The quantitative estimate of drug-likeness (QED) is 0.690. The van der Waals surface area contributed by atoms with E-state index < -0.39 is 6.10 Å². The molecule has 1 aliphatic rings. The van der Waals surface area contributed by atoms with E-state index in [2.05, 4.69) is 10.6 Å². The van der Waals surface area contributed by atoms with Gasteiger partial charge in [-0.1, -0.05) is 35.3 Å². The zero-order valence-corrected chi connectivity index (χ0v) is 17.6. The third-order valence-corrected chi connectivity index (χ3v) is 5.14. The van der Waals surface area contributed by atoms with E-state index in [1.165, 1.54) is 0 Å². The molecule has 154 valence electrons. The first-order valence-corrected chi connectivity index (χ1v) is 10.2. The molecule has 1 unspecified atom stereocenters. The summed E-state index contributed by atoms with van der Waals surface area (Å²) in [7, 11) is 0. The van der Waals surface area contributed by atoms with Gasteiger partial charge in [-0.15, -0.1) is 0 Å². The van der Waals surface area contributed by atoms with Crippen LogP contribution in [0.2, 0.25) is 10.0 Å². The minimum Gasteiger partial charge on any atom is -0.479 e. The topological polar surface area (TPSA) is 70.7 Å². The number of halogens is 2. The molecule has 2 N–H and O–H groups in total. The average molecular weight is 436 g/mol. The van der Waals surface area contributed by atoms with Crippen molar-refractivity contribution in [2.24, 2.45) is 0 Å². The third kappa shape index (κ3) is 6.02. The Kier molecular flexibility index (Phi) is 7.23. The van der Waals surface area contributed by atoms with Crippen molar-refractivity contribution < 1.29 is 14.3 Å². The highest BCUT2D eigenvalue weighted by Crippen LogP contribution is 2.28. The molecule has 1 aliphatic heterocycles. The van der Waals surface area contributed by atoms with Crippen molar-refractivity contribution in [3.8, 4) is 5.75 Å². The van der Waals surface area contributed by atoms with E-state index in [0.717, 1.165) is 31.5 Å². The van der Waals surface area contributed by atoms with Gasteiger partial charge in [0.15, 0.2) is 6.10 Å². The van der Waals surface area contributed by atoms with Gasteiger partial charge in [0.05, 0.1) is 5.02 Å². The van der Waals surface area contributed by atoms with Crippen LogP contribution in [-0.2, 0) is 11.3 Å². The number of rotatable bonds is 6. The highest BCUT2D eigenvalue weighted by Gasteiger charge is 2.18. The Morgan fingerprint density at radius 1 is 1.14 bits per heavy atom. The molecule has 0 radical (unpaired) electrons. The van der Waals surface area contributed by atoms with Crippen molar-refractivity contribution in [2.75, 3.05) is 18.4 Å². The molecular weight excluding hydrogens is 413 g/mol. The zero-order chi connectivity index (χ0) is 20.8. The second kappa shape index (κ2) is 9.85. The van der Waals surface area contributed by atoms with Crippen LogP contribution in [0.4, 0.5) is 10.5 Å². The molecule has 1 saturated heterocycles. The molecule has 2 aromatic rings. The molecule has 0 aliphatic carbocycles. The summed E-state index contributed by atoms with van der Waals surface area (Å²) < 4.78 is 5.62. The Labute approximate surface area is 180 Å². The highest BCUT2D eigenvalue weighted by atomic mass is 35.5. The molecule has 0 saturated carbocycles. The van der Waals surface area contributed by atoms with E-state index in [1.807, 2.05) is 24.3 Å². The van der Waals surface area contributed by atoms with E-state index in [1.54, 1.807) is 30.0 Å². The molecule has 8 heteroatoms. The number of nitrogens with one attached hydrogen (secondary N) is 2. The van der Waals surface area contributed by atoms with Gasteiger partial charge in [0.25, 0.3) is 5.91 Å². The fourth-order valence-electron chi connectivity index (χ4n) is 3.03. The van der Waals surface area contributed by atoms with Crippen LogP contribution in [-0.4, -0.2) is 36.0 Å². The SMILES string of the molecule is CC(Oc1ccc(Cl)cc1Cl)C(=O)NCc1cccc(NC(=O)N2CCCC2)c1. The molecule has 1 atom stereocenters. The van der Waals surface area contributed by atoms with Crippen molar-refractivity contribution in [2.45, 2.75) is 32.4 Å². The Morgan fingerprint density at radius 3 is 2.62 bits per heavy atom. The lowest BCUT2D eigenvalue weighted by molar-refractivity contribution is -0.127. The number of ether oxygens (including phenoxy) is 1. The first-order valence-electron chi connectivity index (χ1n) is 9.46. The maximum atomic E-state index is 12.4. The van der Waals surface area contributed by atoms with Gasteiger partial charge in [-0.2, -0.15) is 0 Å². The molecule has 1 fully saturated rings. The van der Waals surface area contributed by atoms with Gasteiger partial charge in [-0.3, -0.25) is 4.79 Å². The van der Waals surface area contributed by atoms with Crippen molar-refractivity contribution >= 4 is 40.8 Å². The van der Waals surface area contributed by atoms with Gasteiger partial charge in [0, 0.05) is 30.3 Å². The summed E-state index contributed by atoms with van der Waals surface area (Å²) >= 11 is 11.9. The standard InChI is InChI=1S/C21H23Cl2N3O3/c1-14(29-19-8-7-16(22)12-18(19)23)20(27)24-13-15-5-4-6-17(11-15)25-21(28)26-9-2-3-10-26/h4-8,11-12,14H,2-3,9-10,13H2,1H3,(H,24,27)(H,25,28). The van der Waals surface area contributed by atoms with Gasteiger partial charge in [0.1, 0.15) is 5.75 Å². The van der Waals surface area contributed by atoms with Crippen LogP contribution >= 0.6 is 23.2 Å². The number of hydrogen-bond acceptors (Lipinski definition) is 3. The first kappa shape index (κ1) is 21.3. The van der Waals surface area contributed by atoms with Gasteiger partial charge < -0.3 is 20.3 Å². The summed E-state index contributed by atoms with van der Waals surface area (Å²) in [5.74, 6) is 0.118. The number of likely N-dealkylation sites (tertiary alicyclic amines) is 1. The number of benzene rings is 2. The number of anilines is 1. The molecule has 0 aromatic heterocycles. The molecule has 3 amide bonds. The monoisotopic (exact) mass is 435 g/mol. The Balaban J connectivity index is 1.52. The van der Waals surface area contributed by atoms with Crippen LogP contribution in [0.25, 0.3) is 0 Å². The Morgan fingerprint density at radius 2 is 1.90 bits per heavy atom. The number of carbonyl (C=O) groups is 2. The van der Waals surface area contributed by atoms with Crippen LogP contribution in [0.1, 0.15) is 25.3 Å². The van der Waals surface area contributed by atoms with Crippen molar-refractivity contribution in [1.82, 2.24) is 10.2 Å². The van der Waals surface area contributed by atoms with Crippen molar-refractivity contribution in [3.05, 3.63) is 58.1 Å². The predicted molar refractivity (Wildman–Crippen MR) is 115 cm³/mol. The smallest absolute Gasteiger partial charge is 0.321 e. The van der Waals surface area contributed by atoms with Crippen LogP contribution in [0.5, 0.6) is 5.75 Å². The van der Waals surface area contributed by atoms with E-state index in [-0.39, 0.29) is 11.9 Å². The molecule has 29 heavy (non-hydrogen) atoms. The molecule has 0 bridgehead atoms. The Bertz CT molecular complexity index is 885. The van der Waals surface area contributed by atoms with Gasteiger partial charge in [-0.05, 0) is 55.7 Å². The second-order valence-electron chi connectivity index (χ2n) is 6.88. The lowest BCUT2D eigenvalue weighted by Crippen LogP contribution is -2.36. The van der Waals surface area contributed by atoms with Crippen molar-refractivity contribution in [1.29, 1.82) is 0 Å². The van der Waals surface area contributed by atoms with E-state index in [0.29, 0.717) is 28.0 Å². The lowest BCUT2D eigenvalue weighted by atomic mass is 10.2. The largest absolute Gasteiger partial charge is 0.479 e. The van der Waals surface area contributed by atoms with E-state index in [4.69, 9.17) is 27.9 Å². The number of nitrogens with zero attached hydrogens (tertiary/aromatic N) is 1. The number of carbonyl (C=O) groups excluding carboxylic acids is 2. The first-order chi connectivity index (χ1) is 13.9. The second-order valence-corrected chi connectivity index (χ2v) is 7.72. The number of amides is 3. The minimum absolute atomic E-state index is 0.0921. The van der Waals surface area contributed by atoms with Gasteiger partial charge in [0.2, 0.25) is 0 Å². The van der Waals surface area contributed by atoms with E-state index >= 15 is 0 Å². The molecule has 3 rings (SSSR count). The maximum absolute atomic E-state index is 12.4. The van der Waals surface area contributed by atoms with Crippen LogP contribution in [0.3, 0.4) is 0 Å². The normalized spacial score (nSPS) is 14.4. The lowest BCUT2D eigenvalue weighted by Gasteiger charge is -2.17. The third-order valence-electron chi connectivity index (χ3n) is 4.61. The average Bonchev–Trinajstić information content (AvgIpc) is 3.23. The van der Waals surface area contributed by atoms with Crippen LogP contribution < -0.4 is 15.4 Å². The molecule has 1 heterocycles. The van der Waals surface area contributed by atoms with Crippen LogP contribution in [0, 0.1) is 0 Å². The zero-order valence-electron chi connectivity index (χ0n) is 16.1. The molecule has 0 spiro atoms. The highest BCUT2D eigenvalue weighted by molar-refractivity contribution is 6.35. The summed E-state index contributed by atoms with van der Waals surface area (Å²) in [6.45, 7) is 3.54. The summed E-state index contributed by atoms with van der Waals surface area (Å²) in [5, 5.41) is 6.57. The summed E-state index contributed by atoms with van der Waals surface area (Å²) in [4.78, 5) is 26.4. The summed E-state index contributed by atoms with van der Waals surface area (Å²) in [6, 6.07) is 12.1. The number of hydrogen-bond donors (Lipinski definition) is 2. The minimum atomic E-state index is -0.730. The van der Waals surface area contributed by atoms with Crippen LogP contribution in [0.15, 0.2) is 42.5 Å². The summed E-state index contributed by atoms with van der Waals surface area (Å²) in [5.41, 5.74) is 1.57. The predicted octanol–water partition coefficient (Wildman–Crippen LogP) is 4.70. The van der Waals surface area contributed by atoms with E-state index in [9.17, 15) is 9.59 Å². The molecule has 2 aromatic carbocycles. The molecular formula is C21H23Cl2N3O3. The van der Waals surface area contributed by atoms with Gasteiger partial charge >= 0.3 is 6.03 Å². The van der Waals surface area contributed by atoms with Crippen molar-refractivity contribution in [3.63, 3.8) is 0 Å². The Hall–Kier alpha value is -2.44. The number of urea groups is 1. The van der Waals surface area contributed by atoms with Gasteiger partial charge in [-0.25, -0.2) is 4.79 Å². The summed E-state index contributed by atoms with van der Waals surface area (Å²) in [6.07, 6.45) is 1.36. The fourth-order valence-corrected chi connectivity index (χ4v) is 3.48. The molecule has 6 nitrogen and oxygen atoms in total. The fraction of sp³-hybridized carbons (Fsp3) is 0.333.